The van der Waals surface area contributed by atoms with E-state index in [1.54, 1.807) is 0 Å². The van der Waals surface area contributed by atoms with Crippen molar-refractivity contribution < 1.29 is 29.0 Å². The van der Waals surface area contributed by atoms with E-state index in [0.29, 0.717) is 6.42 Å². The number of aliphatic carboxylic acids is 1. The number of carbonyl (C=O) groups excluding carboxylic acids is 2. The molecule has 0 aliphatic heterocycles. The van der Waals surface area contributed by atoms with Gasteiger partial charge in [-0.15, -0.1) is 0 Å². The van der Waals surface area contributed by atoms with Gasteiger partial charge in [-0.25, -0.2) is 4.79 Å². The third kappa shape index (κ3) is 22.4. The van der Waals surface area contributed by atoms with Crippen LogP contribution in [0.1, 0.15) is 97.0 Å². The van der Waals surface area contributed by atoms with Gasteiger partial charge in [-0.1, -0.05) is 106 Å². The average molecular weight is 556 g/mol. The highest BCUT2D eigenvalue weighted by atomic mass is 16.7. The number of benzene rings is 1. The Morgan fingerprint density at radius 1 is 0.850 bits per heavy atom. The number of allylic oxidation sites excluding steroid dienone is 8. The predicted molar refractivity (Wildman–Crippen MR) is 162 cm³/mol. The topological polar surface area (TPSA) is 102 Å². The quantitative estimate of drug-likeness (QED) is 0.0818. The Morgan fingerprint density at radius 2 is 1.40 bits per heavy atom. The summed E-state index contributed by atoms with van der Waals surface area (Å²) in [5.41, 5.74) is 0.804. The molecular formula is C33H49NO6. The molecule has 0 radical (unpaired) electrons. The van der Waals surface area contributed by atoms with Crippen LogP contribution in [0.25, 0.3) is 0 Å². The smallest absolute Gasteiger partial charge is 0.410 e. The van der Waals surface area contributed by atoms with Gasteiger partial charge in [0.1, 0.15) is 0 Å². The Labute approximate surface area is 241 Å². The first-order valence-corrected chi connectivity index (χ1v) is 14.3. The molecule has 222 valence electrons. The molecule has 0 aromatic heterocycles. The first-order valence-electron chi connectivity index (χ1n) is 14.3. The number of esters is 1. The van der Waals surface area contributed by atoms with Gasteiger partial charge in [-0.3, -0.25) is 9.59 Å². The van der Waals surface area contributed by atoms with Gasteiger partial charge in [0.15, 0.2) is 0 Å². The molecule has 40 heavy (non-hydrogen) atoms. The third-order valence-corrected chi connectivity index (χ3v) is 5.23. The number of unbranched alkanes of at least 4 members (excludes halogenated alkanes) is 1. The van der Waals surface area contributed by atoms with Gasteiger partial charge in [0.2, 0.25) is 6.29 Å². The molecule has 1 amide bonds. The number of ether oxygens (including phenoxy) is 2. The maximum absolute atomic E-state index is 12.1. The summed E-state index contributed by atoms with van der Waals surface area (Å²) in [5, 5.41) is 11.7. The van der Waals surface area contributed by atoms with E-state index < -0.39 is 30.2 Å². The minimum absolute atomic E-state index is 0.0880. The number of nitrogens with one attached hydrogen (secondary N) is 1. The van der Waals surface area contributed by atoms with Crippen LogP contribution in [0.2, 0.25) is 0 Å². The fourth-order valence-corrected chi connectivity index (χ4v) is 3.37. The van der Waals surface area contributed by atoms with E-state index in [9.17, 15) is 14.4 Å². The van der Waals surface area contributed by atoms with Crippen LogP contribution in [0, 0.1) is 0 Å². The van der Waals surface area contributed by atoms with Crippen molar-refractivity contribution in [2.75, 3.05) is 6.54 Å². The molecule has 0 aliphatic carbocycles. The Balaban J connectivity index is 0.00000483. The second kappa shape index (κ2) is 25.7. The molecule has 0 saturated heterocycles. The number of rotatable bonds is 18. The molecule has 0 saturated carbocycles. The largest absolute Gasteiger partial charge is 0.481 e. The van der Waals surface area contributed by atoms with Crippen molar-refractivity contribution in [3.8, 4) is 0 Å². The van der Waals surface area contributed by atoms with Crippen LogP contribution in [0.4, 0.5) is 4.79 Å². The van der Waals surface area contributed by atoms with Crippen molar-refractivity contribution in [2.45, 2.75) is 97.7 Å². The van der Waals surface area contributed by atoms with Crippen LogP contribution in [-0.2, 0) is 19.1 Å². The van der Waals surface area contributed by atoms with Crippen LogP contribution < -0.4 is 5.32 Å². The zero-order chi connectivity index (χ0) is 29.8. The Bertz CT molecular complexity index is 920. The van der Waals surface area contributed by atoms with E-state index in [1.165, 1.54) is 13.3 Å². The van der Waals surface area contributed by atoms with Gasteiger partial charge < -0.3 is 19.9 Å². The molecule has 2 atom stereocenters. The van der Waals surface area contributed by atoms with Crippen molar-refractivity contribution in [1.29, 1.82) is 0 Å². The van der Waals surface area contributed by atoms with E-state index in [0.717, 1.165) is 37.7 Å². The van der Waals surface area contributed by atoms with Crippen LogP contribution in [-0.4, -0.2) is 36.0 Å². The summed E-state index contributed by atoms with van der Waals surface area (Å²) in [5.74, 6) is -1.80. The molecule has 1 aromatic rings. The van der Waals surface area contributed by atoms with Crippen molar-refractivity contribution in [2.24, 2.45) is 0 Å². The summed E-state index contributed by atoms with van der Waals surface area (Å²) >= 11 is 0. The molecule has 7 nitrogen and oxygen atoms in total. The fourth-order valence-electron chi connectivity index (χ4n) is 3.37. The molecule has 0 bridgehead atoms. The summed E-state index contributed by atoms with van der Waals surface area (Å²) in [6, 6.07) is 9.08. The molecule has 1 aromatic carbocycles. The highest BCUT2D eigenvalue weighted by Crippen LogP contribution is 2.18. The Kier molecular flexibility index (Phi) is 23.3. The predicted octanol–water partition coefficient (Wildman–Crippen LogP) is 8.25. The van der Waals surface area contributed by atoms with Gasteiger partial charge >= 0.3 is 18.0 Å². The lowest BCUT2D eigenvalue weighted by molar-refractivity contribution is -0.165. The Hall–Kier alpha value is -3.61. The van der Waals surface area contributed by atoms with Crippen molar-refractivity contribution >= 4 is 18.0 Å². The van der Waals surface area contributed by atoms with Gasteiger partial charge in [0.25, 0.3) is 0 Å². The summed E-state index contributed by atoms with van der Waals surface area (Å²) in [4.78, 5) is 35.2. The summed E-state index contributed by atoms with van der Waals surface area (Å²) in [6.45, 7) is 7.93. The first kappa shape index (κ1) is 36.4. The van der Waals surface area contributed by atoms with E-state index in [4.69, 9.17) is 14.6 Å². The van der Waals surface area contributed by atoms with Crippen LogP contribution in [0.3, 0.4) is 0 Å². The molecule has 0 fully saturated rings. The van der Waals surface area contributed by atoms with Crippen LogP contribution in [0.15, 0.2) is 78.9 Å². The number of alkyl carbamates (subject to hydrolysis) is 1. The number of carboxylic acids is 1. The number of carboxylic acid groups (broad SMARTS) is 1. The lowest BCUT2D eigenvalue weighted by Crippen LogP contribution is -2.33. The number of carbonyl (C=O) groups is 3. The van der Waals surface area contributed by atoms with Gasteiger partial charge in [0.05, 0.1) is 6.42 Å². The summed E-state index contributed by atoms with van der Waals surface area (Å²) in [6.07, 6.45) is 21.7. The molecule has 0 heterocycles. The minimum atomic E-state index is -1.04. The maximum atomic E-state index is 12.1. The monoisotopic (exact) mass is 555 g/mol. The Morgan fingerprint density at radius 3 is 1.95 bits per heavy atom. The van der Waals surface area contributed by atoms with Crippen molar-refractivity contribution in [3.63, 3.8) is 0 Å². The highest BCUT2D eigenvalue weighted by Gasteiger charge is 2.19. The zero-order valence-corrected chi connectivity index (χ0v) is 24.7. The summed E-state index contributed by atoms with van der Waals surface area (Å²) in [7, 11) is 0. The number of amides is 1. The lowest BCUT2D eigenvalue weighted by Gasteiger charge is -2.18. The third-order valence-electron chi connectivity index (χ3n) is 5.23. The first-order chi connectivity index (χ1) is 19.3. The second-order valence-corrected chi connectivity index (χ2v) is 9.15. The van der Waals surface area contributed by atoms with Gasteiger partial charge in [0, 0.05) is 25.8 Å². The lowest BCUT2D eigenvalue weighted by atomic mass is 9.96. The van der Waals surface area contributed by atoms with E-state index in [2.05, 4.69) is 68.6 Å². The molecule has 1 rings (SSSR count). The van der Waals surface area contributed by atoms with Crippen LogP contribution >= 0.6 is 0 Å². The normalized spacial score (nSPS) is 12.8. The molecule has 7 heteroatoms. The summed E-state index contributed by atoms with van der Waals surface area (Å²) < 4.78 is 10.2. The maximum Gasteiger partial charge on any atom is 0.410 e. The second-order valence-electron chi connectivity index (χ2n) is 9.15. The number of hydrogen-bond acceptors (Lipinski definition) is 5. The van der Waals surface area contributed by atoms with Gasteiger partial charge in [-0.05, 0) is 44.1 Å². The molecule has 2 unspecified atom stereocenters. The minimum Gasteiger partial charge on any atom is -0.481 e. The van der Waals surface area contributed by atoms with E-state index in [-0.39, 0.29) is 19.4 Å². The standard InChI is InChI=1S/C30H41NO6.C3H8/c1-3-4-5-6-7-8-9-10-11-12-13-14-15-19-22-29(34)36-25(2)37-30(35)31-24-27(23-28(32)33)26-20-17-16-18-21-26;1-3-2/h4-5,7-8,10-11,13-14,16-18,20-21,25,27H,3,6,9,12,15,19,22-24H2,1-2H3,(H,31,35)(H,32,33);3H2,1-2H3/b5-4-,8-7-,11-10-,14-13-;. The van der Waals surface area contributed by atoms with Crippen LogP contribution in [0.5, 0.6) is 0 Å². The SMILES string of the molecule is CC/C=C\C/C=C\C/C=C\C/C=C\CCCC(=O)OC(C)OC(=O)NCC(CC(=O)O)c1ccccc1.CCC. The number of hydrogen-bond donors (Lipinski definition) is 2. The van der Waals surface area contributed by atoms with E-state index in [1.807, 2.05) is 36.4 Å². The molecule has 0 spiro atoms. The molecular weight excluding hydrogens is 506 g/mol. The fraction of sp³-hybridized carbons (Fsp3) is 0.485. The van der Waals surface area contributed by atoms with Crippen molar-refractivity contribution in [3.05, 3.63) is 84.5 Å². The zero-order valence-electron chi connectivity index (χ0n) is 24.7. The average Bonchev–Trinajstić information content (AvgIpc) is 2.92. The molecule has 2 N–H and O–H groups in total. The highest BCUT2D eigenvalue weighted by molar-refractivity contribution is 5.71. The van der Waals surface area contributed by atoms with Gasteiger partial charge in [-0.2, -0.15) is 0 Å². The van der Waals surface area contributed by atoms with E-state index >= 15 is 0 Å². The van der Waals surface area contributed by atoms with Crippen molar-refractivity contribution in [1.82, 2.24) is 5.32 Å². The molecule has 0 aliphatic rings.